The average molecular weight is 291 g/mol. The number of likely N-dealkylation sites (tertiary alicyclic amines) is 1. The number of urea groups is 1. The van der Waals surface area contributed by atoms with Crippen LogP contribution in [0.25, 0.3) is 0 Å². The predicted octanol–water partition coefficient (Wildman–Crippen LogP) is 1.11. The lowest BCUT2D eigenvalue weighted by Crippen LogP contribution is -2.33. The molecule has 0 saturated carbocycles. The summed E-state index contributed by atoms with van der Waals surface area (Å²) in [6.45, 7) is 0.951. The average Bonchev–Trinajstić information content (AvgIpc) is 2.86. The van der Waals surface area contributed by atoms with E-state index in [1.165, 1.54) is 6.07 Å². The van der Waals surface area contributed by atoms with E-state index >= 15 is 0 Å². The fourth-order valence-corrected chi connectivity index (χ4v) is 2.38. The van der Waals surface area contributed by atoms with Gasteiger partial charge in [0.15, 0.2) is 0 Å². The van der Waals surface area contributed by atoms with Crippen molar-refractivity contribution in [3.63, 3.8) is 0 Å². The van der Waals surface area contributed by atoms with Gasteiger partial charge in [0.2, 0.25) is 5.91 Å². The van der Waals surface area contributed by atoms with Gasteiger partial charge in [-0.25, -0.2) is 4.79 Å². The number of hydrogen-bond acceptors (Lipinski definition) is 3. The number of nitrogens with zero attached hydrogens (tertiary/aromatic N) is 1. The molecule has 21 heavy (non-hydrogen) atoms. The molecule has 1 heterocycles. The molecular weight excluding hydrogens is 274 g/mol. The van der Waals surface area contributed by atoms with Gasteiger partial charge in [-0.2, -0.15) is 0 Å². The minimum atomic E-state index is -0.851. The summed E-state index contributed by atoms with van der Waals surface area (Å²) in [7, 11) is 0. The Morgan fingerprint density at radius 1 is 1.38 bits per heavy atom. The molecule has 0 aliphatic carbocycles. The van der Waals surface area contributed by atoms with E-state index < -0.39 is 11.9 Å². The van der Waals surface area contributed by atoms with Crippen molar-refractivity contribution in [2.45, 2.75) is 12.8 Å². The number of carboxylic acid groups (broad SMARTS) is 1. The van der Waals surface area contributed by atoms with Gasteiger partial charge in [-0.3, -0.25) is 9.59 Å². The van der Waals surface area contributed by atoms with E-state index in [4.69, 9.17) is 10.8 Å². The predicted molar refractivity (Wildman–Crippen MR) is 75.9 cm³/mol. The third kappa shape index (κ3) is 3.95. The van der Waals surface area contributed by atoms with Crippen molar-refractivity contribution in [2.75, 3.05) is 18.4 Å². The van der Waals surface area contributed by atoms with Crippen LogP contribution in [-0.2, 0) is 4.79 Å². The lowest BCUT2D eigenvalue weighted by molar-refractivity contribution is -0.138. The van der Waals surface area contributed by atoms with Crippen LogP contribution in [0, 0.1) is 5.92 Å². The highest BCUT2D eigenvalue weighted by Gasteiger charge is 2.27. The Morgan fingerprint density at radius 2 is 2.14 bits per heavy atom. The minimum absolute atomic E-state index is 0.00907. The van der Waals surface area contributed by atoms with Gasteiger partial charge < -0.3 is 21.1 Å². The zero-order valence-electron chi connectivity index (χ0n) is 11.4. The van der Waals surface area contributed by atoms with E-state index in [0.29, 0.717) is 30.8 Å². The van der Waals surface area contributed by atoms with Gasteiger partial charge in [0.05, 0.1) is 0 Å². The summed E-state index contributed by atoms with van der Waals surface area (Å²) in [5, 5.41) is 11.4. The summed E-state index contributed by atoms with van der Waals surface area (Å²) in [5.74, 6) is -1.42. The molecule has 0 bridgehead atoms. The summed E-state index contributed by atoms with van der Waals surface area (Å²) < 4.78 is 0. The third-order valence-corrected chi connectivity index (χ3v) is 3.43. The monoisotopic (exact) mass is 291 g/mol. The van der Waals surface area contributed by atoms with E-state index in [2.05, 4.69) is 5.32 Å². The fraction of sp³-hybridized carbons (Fsp3) is 0.357. The maximum absolute atomic E-state index is 12.1. The Bertz CT molecular complexity index is 573. The largest absolute Gasteiger partial charge is 0.481 e. The Morgan fingerprint density at radius 3 is 2.81 bits per heavy atom. The molecule has 1 fully saturated rings. The number of amides is 3. The zero-order chi connectivity index (χ0) is 15.4. The Balaban J connectivity index is 1.94. The summed E-state index contributed by atoms with van der Waals surface area (Å²) in [4.78, 5) is 35.4. The minimum Gasteiger partial charge on any atom is -0.481 e. The van der Waals surface area contributed by atoms with Crippen LogP contribution >= 0.6 is 0 Å². The van der Waals surface area contributed by atoms with Crippen molar-refractivity contribution in [1.29, 1.82) is 0 Å². The molecule has 3 amide bonds. The van der Waals surface area contributed by atoms with Crippen LogP contribution in [0.1, 0.15) is 23.2 Å². The summed E-state index contributed by atoms with van der Waals surface area (Å²) >= 11 is 0. The first-order chi connectivity index (χ1) is 9.95. The van der Waals surface area contributed by atoms with Crippen LogP contribution in [0.5, 0.6) is 0 Å². The van der Waals surface area contributed by atoms with Crippen LogP contribution < -0.4 is 11.1 Å². The first-order valence-electron chi connectivity index (χ1n) is 6.63. The normalized spacial score (nSPS) is 17.5. The topological polar surface area (TPSA) is 113 Å². The highest BCUT2D eigenvalue weighted by atomic mass is 16.4. The standard InChI is InChI=1S/C14H17N3O4/c15-13(20)10-2-1-3-11(7-10)16-14(21)17-5-4-9(8-17)6-12(18)19/h1-3,7,9H,4-6,8H2,(H2,15,20)(H,16,21)(H,18,19). The van der Waals surface area contributed by atoms with Gasteiger partial charge in [0.25, 0.3) is 0 Å². The highest BCUT2D eigenvalue weighted by Crippen LogP contribution is 2.20. The Labute approximate surface area is 121 Å². The van der Waals surface area contributed by atoms with E-state index in [-0.39, 0.29) is 18.4 Å². The van der Waals surface area contributed by atoms with Crippen molar-refractivity contribution < 1.29 is 19.5 Å². The van der Waals surface area contributed by atoms with Gasteiger partial charge in [-0.05, 0) is 30.5 Å². The van der Waals surface area contributed by atoms with Gasteiger partial charge in [-0.15, -0.1) is 0 Å². The smallest absolute Gasteiger partial charge is 0.321 e. The van der Waals surface area contributed by atoms with Crippen molar-refractivity contribution >= 4 is 23.6 Å². The molecule has 0 radical (unpaired) electrons. The quantitative estimate of drug-likeness (QED) is 0.771. The second-order valence-corrected chi connectivity index (χ2v) is 5.07. The second-order valence-electron chi connectivity index (χ2n) is 5.07. The summed E-state index contributed by atoms with van der Waals surface area (Å²) in [5.41, 5.74) is 5.98. The van der Waals surface area contributed by atoms with Crippen molar-refractivity contribution in [2.24, 2.45) is 11.7 Å². The molecule has 1 saturated heterocycles. The molecule has 7 nitrogen and oxygen atoms in total. The van der Waals surface area contributed by atoms with E-state index in [1.807, 2.05) is 0 Å². The van der Waals surface area contributed by atoms with Gasteiger partial charge in [0, 0.05) is 30.8 Å². The van der Waals surface area contributed by atoms with E-state index in [9.17, 15) is 14.4 Å². The number of rotatable bonds is 4. The Hall–Kier alpha value is -2.57. The number of carbonyl (C=O) groups is 3. The molecule has 1 aromatic carbocycles. The first-order valence-corrected chi connectivity index (χ1v) is 6.63. The molecule has 112 valence electrons. The molecule has 2 rings (SSSR count). The maximum Gasteiger partial charge on any atom is 0.321 e. The van der Waals surface area contributed by atoms with Crippen LogP contribution in [0.3, 0.4) is 0 Å². The summed E-state index contributed by atoms with van der Waals surface area (Å²) in [6, 6.07) is 6.06. The Kier molecular flexibility index (Phi) is 4.42. The summed E-state index contributed by atoms with van der Waals surface area (Å²) in [6.07, 6.45) is 0.752. The maximum atomic E-state index is 12.1. The number of benzene rings is 1. The van der Waals surface area contributed by atoms with Crippen LogP contribution in [0.4, 0.5) is 10.5 Å². The van der Waals surface area contributed by atoms with Crippen molar-refractivity contribution in [1.82, 2.24) is 4.90 Å². The van der Waals surface area contributed by atoms with Gasteiger partial charge >= 0.3 is 12.0 Å². The van der Waals surface area contributed by atoms with Gasteiger partial charge in [0.1, 0.15) is 0 Å². The van der Waals surface area contributed by atoms with Crippen molar-refractivity contribution in [3.05, 3.63) is 29.8 Å². The lowest BCUT2D eigenvalue weighted by atomic mass is 10.1. The number of nitrogens with two attached hydrogens (primary N) is 1. The molecule has 1 aliphatic rings. The number of nitrogens with one attached hydrogen (secondary N) is 1. The molecule has 1 atom stereocenters. The number of hydrogen-bond donors (Lipinski definition) is 3. The molecule has 1 aliphatic heterocycles. The first kappa shape index (κ1) is 14.8. The second kappa shape index (κ2) is 6.25. The van der Waals surface area contributed by atoms with E-state index in [0.717, 1.165) is 0 Å². The molecule has 7 heteroatoms. The number of primary amides is 1. The number of carboxylic acids is 1. The number of anilines is 1. The molecule has 4 N–H and O–H groups in total. The molecule has 1 aromatic rings. The fourth-order valence-electron chi connectivity index (χ4n) is 2.38. The highest BCUT2D eigenvalue weighted by molar-refractivity contribution is 5.95. The number of carbonyl (C=O) groups excluding carboxylic acids is 2. The van der Waals surface area contributed by atoms with E-state index in [1.54, 1.807) is 23.1 Å². The molecular formula is C14H17N3O4. The number of aliphatic carboxylic acids is 1. The van der Waals surface area contributed by atoms with Crippen molar-refractivity contribution in [3.8, 4) is 0 Å². The SMILES string of the molecule is NC(=O)c1cccc(NC(=O)N2CCC(CC(=O)O)C2)c1. The van der Waals surface area contributed by atoms with Crippen LogP contribution in [0.2, 0.25) is 0 Å². The van der Waals surface area contributed by atoms with Gasteiger partial charge in [-0.1, -0.05) is 6.07 Å². The lowest BCUT2D eigenvalue weighted by Gasteiger charge is -2.17. The van der Waals surface area contributed by atoms with Crippen LogP contribution in [-0.4, -0.2) is 41.0 Å². The van der Waals surface area contributed by atoms with Crippen LogP contribution in [0.15, 0.2) is 24.3 Å². The third-order valence-electron chi connectivity index (χ3n) is 3.43. The zero-order valence-corrected chi connectivity index (χ0v) is 11.4. The molecule has 1 unspecified atom stereocenters. The molecule has 0 spiro atoms. The molecule has 0 aromatic heterocycles.